The molecule has 0 N–H and O–H groups in total. The number of unbranched alkanes of at least 4 members (excludes halogenated alkanes) is 5. The third kappa shape index (κ3) is 9.59. The molecule has 2 amide bonds. The van der Waals surface area contributed by atoms with E-state index in [1.165, 1.54) is 19.3 Å². The fraction of sp³-hybridized carbons (Fsp3) is 0.586. The van der Waals surface area contributed by atoms with Crippen molar-refractivity contribution in [2.24, 2.45) is 0 Å². The highest BCUT2D eigenvalue weighted by Gasteiger charge is 2.24. The summed E-state index contributed by atoms with van der Waals surface area (Å²) in [6.07, 6.45) is 9.50. The Morgan fingerprint density at radius 1 is 0.944 bits per heavy atom. The highest BCUT2D eigenvalue weighted by molar-refractivity contribution is 5.85. The molecule has 0 saturated heterocycles. The van der Waals surface area contributed by atoms with Gasteiger partial charge < -0.3 is 23.7 Å². The Labute approximate surface area is 216 Å². The van der Waals surface area contributed by atoms with Gasteiger partial charge in [-0.1, -0.05) is 45.1 Å². The van der Waals surface area contributed by atoms with Gasteiger partial charge in [0.2, 0.25) is 11.8 Å². The molecule has 0 aliphatic carbocycles. The SMILES string of the molecule is CCCCCCCCC(=O)N(CC(=O)N(CCc1ccc(OC)c(OC)c1)Cc1ccco1)C(C)C. The fourth-order valence-electron chi connectivity index (χ4n) is 4.19. The Hall–Kier alpha value is -2.96. The molecule has 0 atom stereocenters. The van der Waals surface area contributed by atoms with Crippen LogP contribution in [-0.2, 0) is 22.6 Å². The Morgan fingerprint density at radius 3 is 2.31 bits per heavy atom. The summed E-state index contributed by atoms with van der Waals surface area (Å²) in [5, 5.41) is 0. The van der Waals surface area contributed by atoms with Crippen molar-refractivity contribution in [2.45, 2.75) is 84.7 Å². The quantitative estimate of drug-likeness (QED) is 0.255. The summed E-state index contributed by atoms with van der Waals surface area (Å²) in [6, 6.07) is 9.41. The van der Waals surface area contributed by atoms with E-state index in [0.29, 0.717) is 43.2 Å². The molecule has 0 fully saturated rings. The fourth-order valence-corrected chi connectivity index (χ4v) is 4.19. The van der Waals surface area contributed by atoms with Gasteiger partial charge in [0, 0.05) is 19.0 Å². The van der Waals surface area contributed by atoms with E-state index >= 15 is 0 Å². The summed E-state index contributed by atoms with van der Waals surface area (Å²) >= 11 is 0. The molecule has 0 spiro atoms. The maximum absolute atomic E-state index is 13.4. The van der Waals surface area contributed by atoms with Crippen LogP contribution in [-0.4, -0.2) is 55.0 Å². The maximum Gasteiger partial charge on any atom is 0.242 e. The summed E-state index contributed by atoms with van der Waals surface area (Å²) in [6.45, 7) is 7.05. The predicted molar refractivity (Wildman–Crippen MR) is 142 cm³/mol. The van der Waals surface area contributed by atoms with Crippen molar-refractivity contribution in [3.05, 3.63) is 47.9 Å². The number of carbonyl (C=O) groups excluding carboxylic acids is 2. The first-order valence-electron chi connectivity index (χ1n) is 13.2. The summed E-state index contributed by atoms with van der Waals surface area (Å²) in [7, 11) is 3.21. The lowest BCUT2D eigenvalue weighted by atomic mass is 10.1. The summed E-state index contributed by atoms with van der Waals surface area (Å²) in [5.41, 5.74) is 1.03. The molecule has 0 radical (unpaired) electrons. The largest absolute Gasteiger partial charge is 0.493 e. The van der Waals surface area contributed by atoms with Crippen LogP contribution in [0, 0.1) is 0 Å². The first-order chi connectivity index (χ1) is 17.4. The molecule has 1 aromatic carbocycles. The monoisotopic (exact) mass is 500 g/mol. The van der Waals surface area contributed by atoms with Crippen molar-refractivity contribution in [2.75, 3.05) is 27.3 Å². The van der Waals surface area contributed by atoms with E-state index in [1.54, 1.807) is 30.3 Å². The van der Waals surface area contributed by atoms with Gasteiger partial charge in [-0.05, 0) is 56.5 Å². The highest BCUT2D eigenvalue weighted by atomic mass is 16.5. The number of hydrogen-bond acceptors (Lipinski definition) is 5. The summed E-state index contributed by atoms with van der Waals surface area (Å²) in [5.74, 6) is 2.00. The lowest BCUT2D eigenvalue weighted by Crippen LogP contribution is -2.46. The number of rotatable bonds is 17. The molecule has 2 rings (SSSR count). The van der Waals surface area contributed by atoms with Gasteiger partial charge in [0.05, 0.1) is 33.6 Å². The number of carbonyl (C=O) groups is 2. The highest BCUT2D eigenvalue weighted by Crippen LogP contribution is 2.27. The van der Waals surface area contributed by atoms with Gasteiger partial charge in [0.25, 0.3) is 0 Å². The Kier molecular flexibility index (Phi) is 12.9. The topological polar surface area (TPSA) is 72.2 Å². The van der Waals surface area contributed by atoms with Crippen LogP contribution in [0.15, 0.2) is 41.0 Å². The zero-order valence-electron chi connectivity index (χ0n) is 22.8. The van der Waals surface area contributed by atoms with Crippen LogP contribution in [0.1, 0.15) is 77.0 Å². The molecule has 0 bridgehead atoms. The van der Waals surface area contributed by atoms with Crippen LogP contribution in [0.5, 0.6) is 11.5 Å². The van der Waals surface area contributed by atoms with Crippen LogP contribution >= 0.6 is 0 Å². The molecule has 2 aromatic rings. The van der Waals surface area contributed by atoms with E-state index in [-0.39, 0.29) is 24.4 Å². The number of benzene rings is 1. The second-order valence-electron chi connectivity index (χ2n) is 9.47. The third-order valence-electron chi connectivity index (χ3n) is 6.39. The molecule has 0 saturated carbocycles. The molecule has 0 aliphatic heterocycles. The Balaban J connectivity index is 2.03. The van der Waals surface area contributed by atoms with Gasteiger partial charge in [0.15, 0.2) is 11.5 Å². The van der Waals surface area contributed by atoms with Crippen molar-refractivity contribution in [3.63, 3.8) is 0 Å². The van der Waals surface area contributed by atoms with Gasteiger partial charge in [0.1, 0.15) is 5.76 Å². The lowest BCUT2D eigenvalue weighted by molar-refractivity contribution is -0.142. The summed E-state index contributed by atoms with van der Waals surface area (Å²) < 4.78 is 16.3. The van der Waals surface area contributed by atoms with Crippen molar-refractivity contribution in [1.82, 2.24) is 9.80 Å². The molecule has 0 aliphatic rings. The number of methoxy groups -OCH3 is 2. The van der Waals surface area contributed by atoms with E-state index in [4.69, 9.17) is 13.9 Å². The maximum atomic E-state index is 13.4. The van der Waals surface area contributed by atoms with Gasteiger partial charge >= 0.3 is 0 Å². The minimum atomic E-state index is -0.0862. The second kappa shape index (κ2) is 15.9. The van der Waals surface area contributed by atoms with E-state index < -0.39 is 0 Å². The third-order valence-corrected chi connectivity index (χ3v) is 6.39. The van der Waals surface area contributed by atoms with Crippen LogP contribution in [0.25, 0.3) is 0 Å². The van der Waals surface area contributed by atoms with Gasteiger partial charge in [-0.25, -0.2) is 0 Å². The zero-order chi connectivity index (χ0) is 26.3. The second-order valence-corrected chi connectivity index (χ2v) is 9.47. The van der Waals surface area contributed by atoms with E-state index in [9.17, 15) is 9.59 Å². The number of hydrogen-bond donors (Lipinski definition) is 0. The molecule has 7 heteroatoms. The molecule has 200 valence electrons. The number of ether oxygens (including phenoxy) is 2. The van der Waals surface area contributed by atoms with Crippen molar-refractivity contribution in [3.8, 4) is 11.5 Å². The standard InChI is InChI=1S/C29H44N2O5/c1-6-7-8-9-10-11-14-28(32)31(23(2)3)22-29(33)30(21-25-13-12-19-36-25)18-17-24-15-16-26(34-4)27(20-24)35-5/h12-13,15-16,19-20,23H,6-11,14,17-18,21-22H2,1-5H3. The van der Waals surface area contributed by atoms with Gasteiger partial charge in [-0.15, -0.1) is 0 Å². The number of nitrogens with zero attached hydrogens (tertiary/aromatic N) is 2. The van der Waals surface area contributed by atoms with Gasteiger partial charge in [-0.2, -0.15) is 0 Å². The van der Waals surface area contributed by atoms with Gasteiger partial charge in [-0.3, -0.25) is 9.59 Å². The van der Waals surface area contributed by atoms with E-state index in [2.05, 4.69) is 6.92 Å². The van der Waals surface area contributed by atoms with Crippen LogP contribution in [0.4, 0.5) is 0 Å². The normalized spacial score (nSPS) is 10.9. The predicted octanol–water partition coefficient (Wildman–Crippen LogP) is 5.86. The zero-order valence-corrected chi connectivity index (χ0v) is 22.8. The molecule has 1 heterocycles. The van der Waals surface area contributed by atoms with E-state index in [1.807, 2.05) is 44.2 Å². The molecule has 1 aromatic heterocycles. The number of furan rings is 1. The first kappa shape index (κ1) is 29.3. The Morgan fingerprint density at radius 2 is 1.67 bits per heavy atom. The van der Waals surface area contributed by atoms with Crippen molar-refractivity contribution >= 4 is 11.8 Å². The molecule has 7 nitrogen and oxygen atoms in total. The average molecular weight is 501 g/mol. The average Bonchev–Trinajstić information content (AvgIpc) is 3.39. The molecule has 0 unspecified atom stereocenters. The summed E-state index contributed by atoms with van der Waals surface area (Å²) in [4.78, 5) is 29.9. The first-order valence-corrected chi connectivity index (χ1v) is 13.2. The van der Waals surface area contributed by atoms with E-state index in [0.717, 1.165) is 24.8 Å². The minimum Gasteiger partial charge on any atom is -0.493 e. The van der Waals surface area contributed by atoms with Crippen LogP contribution < -0.4 is 9.47 Å². The smallest absolute Gasteiger partial charge is 0.242 e. The molecular formula is C29H44N2O5. The molecule has 36 heavy (non-hydrogen) atoms. The molecular weight excluding hydrogens is 456 g/mol. The lowest BCUT2D eigenvalue weighted by Gasteiger charge is -2.30. The van der Waals surface area contributed by atoms with Crippen LogP contribution in [0.2, 0.25) is 0 Å². The van der Waals surface area contributed by atoms with Crippen molar-refractivity contribution in [1.29, 1.82) is 0 Å². The minimum absolute atomic E-state index is 0.0437. The Bertz CT molecular complexity index is 910. The van der Waals surface area contributed by atoms with Crippen molar-refractivity contribution < 1.29 is 23.5 Å². The van der Waals surface area contributed by atoms with Crippen LogP contribution in [0.3, 0.4) is 0 Å². The number of amides is 2.